The number of hydrogen-bond acceptors (Lipinski definition) is 6. The van der Waals surface area contributed by atoms with E-state index >= 15 is 0 Å². The summed E-state index contributed by atoms with van der Waals surface area (Å²) in [7, 11) is 0. The van der Waals surface area contributed by atoms with E-state index in [0.717, 1.165) is 0 Å². The Bertz CT molecular complexity index is 574. The van der Waals surface area contributed by atoms with Gasteiger partial charge < -0.3 is 21.5 Å². The van der Waals surface area contributed by atoms with E-state index in [-0.39, 0.29) is 18.9 Å². The van der Waals surface area contributed by atoms with Crippen LogP contribution in [-0.2, 0) is 9.59 Å². The average Bonchev–Trinajstić information content (AvgIpc) is 2.57. The van der Waals surface area contributed by atoms with Crippen molar-refractivity contribution < 1.29 is 24.7 Å². The Labute approximate surface area is 146 Å². The van der Waals surface area contributed by atoms with E-state index < -0.39 is 24.0 Å². The van der Waals surface area contributed by atoms with Crippen molar-refractivity contribution in [2.75, 3.05) is 11.9 Å². The molecule has 0 aliphatic carbocycles. The van der Waals surface area contributed by atoms with Gasteiger partial charge in [0.25, 0.3) is 11.8 Å². The molecular weight excluding hydrogens is 328 g/mol. The van der Waals surface area contributed by atoms with Gasteiger partial charge in [0, 0.05) is 17.7 Å². The van der Waals surface area contributed by atoms with Crippen LogP contribution in [0.4, 0.5) is 5.69 Å². The van der Waals surface area contributed by atoms with Crippen LogP contribution in [0, 0.1) is 0 Å². The number of amides is 3. The molecule has 25 heavy (non-hydrogen) atoms. The molecule has 0 radical (unpaired) electrons. The summed E-state index contributed by atoms with van der Waals surface area (Å²) in [5, 5.41) is 23.1. The van der Waals surface area contributed by atoms with Crippen molar-refractivity contribution in [1.29, 1.82) is 0 Å². The van der Waals surface area contributed by atoms with Crippen LogP contribution in [0.25, 0.3) is 0 Å². The summed E-state index contributed by atoms with van der Waals surface area (Å²) >= 11 is 0. The monoisotopic (exact) mass is 354 g/mol. The summed E-state index contributed by atoms with van der Waals surface area (Å²) < 4.78 is 0. The minimum Gasteiger partial charge on any atom is -0.391 e. The number of aliphatic hydroxyl groups is 1. The molecule has 0 aliphatic heterocycles. The largest absolute Gasteiger partial charge is 0.391 e. The zero-order valence-electron chi connectivity index (χ0n) is 13.3. The molecule has 1 aromatic carbocycles. The Morgan fingerprint density at radius 1 is 1.20 bits per heavy atom. The Balaban J connectivity index is 0.00000576. The first-order valence-corrected chi connectivity index (χ1v) is 7.42. The molecule has 0 fully saturated rings. The third kappa shape index (κ3) is 7.29. The van der Waals surface area contributed by atoms with Crippen molar-refractivity contribution >= 4 is 23.4 Å². The molecule has 0 spiro atoms. The Kier molecular flexibility index (Phi) is 10.0. The lowest BCUT2D eigenvalue weighted by atomic mass is 10.1. The number of nitrogens with two attached hydrogens (primary N) is 1. The Morgan fingerprint density at radius 2 is 1.80 bits per heavy atom. The average molecular weight is 354 g/mol. The first-order valence-electron chi connectivity index (χ1n) is 7.42. The molecule has 1 aromatic rings. The smallest absolute Gasteiger partial charge is 0.268 e. The molecular formula is C16H26N4O5. The van der Waals surface area contributed by atoms with Gasteiger partial charge in [0.1, 0.15) is 6.04 Å². The standard InChI is InChI=1S/C15H22N4O5.CH4/c1-9(20)13(15(23)19-24)18-14(22)10-4-6-11(7-5-10)17-12(21)3-2-8-16;/h4-7,9,13,20,24H,2-3,8,16H2,1H3,(H,17,21)(H,18,22)(H,19,23);1H4/t9-,13+;/m1./s1. The normalized spacial score (nSPS) is 12.3. The van der Waals surface area contributed by atoms with Gasteiger partial charge in [-0.2, -0.15) is 0 Å². The van der Waals surface area contributed by atoms with Gasteiger partial charge in [-0.1, -0.05) is 7.43 Å². The highest BCUT2D eigenvalue weighted by Crippen LogP contribution is 2.11. The van der Waals surface area contributed by atoms with Gasteiger partial charge in [0.05, 0.1) is 6.10 Å². The van der Waals surface area contributed by atoms with E-state index in [1.54, 1.807) is 12.1 Å². The number of hydrogen-bond donors (Lipinski definition) is 6. The number of carbonyl (C=O) groups excluding carboxylic acids is 3. The lowest BCUT2D eigenvalue weighted by Gasteiger charge is -2.19. The van der Waals surface area contributed by atoms with Crippen LogP contribution in [0.5, 0.6) is 0 Å². The van der Waals surface area contributed by atoms with E-state index in [2.05, 4.69) is 10.6 Å². The van der Waals surface area contributed by atoms with Crippen LogP contribution in [0.1, 0.15) is 37.6 Å². The topological polar surface area (TPSA) is 154 Å². The first kappa shape index (κ1) is 22.5. The second-order valence-corrected chi connectivity index (χ2v) is 5.19. The van der Waals surface area contributed by atoms with Gasteiger partial charge in [0.2, 0.25) is 5.91 Å². The SMILES string of the molecule is C.C[C@@H](O)[C@H](NC(=O)c1ccc(NC(=O)CCCN)cc1)C(=O)NO. The second-order valence-electron chi connectivity index (χ2n) is 5.19. The number of benzene rings is 1. The molecule has 0 saturated heterocycles. The highest BCUT2D eigenvalue weighted by molar-refractivity contribution is 5.98. The van der Waals surface area contributed by atoms with Gasteiger partial charge in [-0.25, -0.2) is 5.48 Å². The lowest BCUT2D eigenvalue weighted by molar-refractivity contribution is -0.133. The van der Waals surface area contributed by atoms with Crippen molar-refractivity contribution in [2.24, 2.45) is 5.73 Å². The molecule has 0 aliphatic rings. The summed E-state index contributed by atoms with van der Waals surface area (Å²) in [6, 6.07) is 4.71. The van der Waals surface area contributed by atoms with Crippen molar-refractivity contribution in [3.05, 3.63) is 29.8 Å². The molecule has 0 bridgehead atoms. The van der Waals surface area contributed by atoms with Crippen LogP contribution < -0.4 is 21.8 Å². The fourth-order valence-electron chi connectivity index (χ4n) is 1.89. The quantitative estimate of drug-likeness (QED) is 0.285. The number of rotatable bonds is 8. The maximum Gasteiger partial charge on any atom is 0.268 e. The molecule has 0 saturated carbocycles. The summed E-state index contributed by atoms with van der Waals surface area (Å²) in [6.45, 7) is 1.73. The molecule has 7 N–H and O–H groups in total. The van der Waals surface area contributed by atoms with Gasteiger partial charge in [0.15, 0.2) is 0 Å². The number of carbonyl (C=O) groups is 3. The van der Waals surface area contributed by atoms with Gasteiger partial charge >= 0.3 is 0 Å². The van der Waals surface area contributed by atoms with Gasteiger partial charge in [-0.3, -0.25) is 19.6 Å². The number of hydroxylamine groups is 1. The van der Waals surface area contributed by atoms with Crippen molar-refractivity contribution in [3.8, 4) is 0 Å². The summed E-state index contributed by atoms with van der Waals surface area (Å²) in [4.78, 5) is 35.0. The Hall–Kier alpha value is -2.49. The van der Waals surface area contributed by atoms with Gasteiger partial charge in [-0.15, -0.1) is 0 Å². The fraction of sp³-hybridized carbons (Fsp3) is 0.438. The third-order valence-corrected chi connectivity index (χ3v) is 3.20. The fourth-order valence-corrected chi connectivity index (χ4v) is 1.89. The molecule has 1 rings (SSSR count). The molecule has 9 heteroatoms. The van der Waals surface area contributed by atoms with Crippen molar-refractivity contribution in [3.63, 3.8) is 0 Å². The van der Waals surface area contributed by atoms with Crippen LogP contribution in [0.15, 0.2) is 24.3 Å². The van der Waals surface area contributed by atoms with Crippen LogP contribution in [0.2, 0.25) is 0 Å². The predicted molar refractivity (Wildman–Crippen MR) is 93.0 cm³/mol. The molecule has 0 unspecified atom stereocenters. The maximum atomic E-state index is 12.1. The third-order valence-electron chi connectivity index (χ3n) is 3.20. The van der Waals surface area contributed by atoms with Crippen LogP contribution >= 0.6 is 0 Å². The van der Waals surface area contributed by atoms with E-state index in [4.69, 9.17) is 10.9 Å². The van der Waals surface area contributed by atoms with Crippen LogP contribution in [-0.4, -0.2) is 46.7 Å². The molecule has 0 aromatic heterocycles. The molecule has 140 valence electrons. The highest BCUT2D eigenvalue weighted by Gasteiger charge is 2.25. The summed E-state index contributed by atoms with van der Waals surface area (Å²) in [5.41, 5.74) is 7.46. The van der Waals surface area contributed by atoms with Gasteiger partial charge in [-0.05, 0) is 44.2 Å². The van der Waals surface area contributed by atoms with Crippen molar-refractivity contribution in [1.82, 2.24) is 10.8 Å². The Morgan fingerprint density at radius 3 is 2.28 bits per heavy atom. The van der Waals surface area contributed by atoms with E-state index in [1.807, 2.05) is 0 Å². The van der Waals surface area contributed by atoms with E-state index in [1.165, 1.54) is 24.5 Å². The zero-order chi connectivity index (χ0) is 18.1. The highest BCUT2D eigenvalue weighted by atomic mass is 16.5. The number of anilines is 1. The van der Waals surface area contributed by atoms with Crippen molar-refractivity contribution in [2.45, 2.75) is 39.3 Å². The molecule has 3 amide bonds. The zero-order valence-corrected chi connectivity index (χ0v) is 13.3. The maximum absolute atomic E-state index is 12.1. The molecule has 0 heterocycles. The molecule has 2 atom stereocenters. The first-order chi connectivity index (χ1) is 11.4. The minimum atomic E-state index is -1.29. The lowest BCUT2D eigenvalue weighted by Crippen LogP contribution is -2.51. The summed E-state index contributed by atoms with van der Waals surface area (Å²) in [6.07, 6.45) is -0.298. The molecule has 9 nitrogen and oxygen atoms in total. The number of aliphatic hydroxyl groups excluding tert-OH is 1. The predicted octanol–water partition coefficient (Wildman–Crippen LogP) is -0.0153. The van der Waals surface area contributed by atoms with E-state index in [0.29, 0.717) is 25.1 Å². The second kappa shape index (κ2) is 11.1. The summed E-state index contributed by atoms with van der Waals surface area (Å²) in [5.74, 6) is -1.71. The minimum absolute atomic E-state index is 0. The van der Waals surface area contributed by atoms with Crippen LogP contribution in [0.3, 0.4) is 0 Å². The van der Waals surface area contributed by atoms with E-state index in [9.17, 15) is 19.5 Å². The number of nitrogens with one attached hydrogen (secondary N) is 3.